The zero-order valence-corrected chi connectivity index (χ0v) is 7.62. The molecule has 2 aromatic rings. The first-order valence-electron chi connectivity index (χ1n) is 3.76. The van der Waals surface area contributed by atoms with Crippen LogP contribution in [0, 0.1) is 19.0 Å². The van der Waals surface area contributed by atoms with Crippen LogP contribution in [0.15, 0.2) is 23.6 Å². The van der Waals surface area contributed by atoms with E-state index >= 15 is 0 Å². The molecular weight excluding hydrogens is 183 g/mol. The van der Waals surface area contributed by atoms with Crippen LogP contribution in [0.5, 0.6) is 0 Å². The number of halogens is 1. The van der Waals surface area contributed by atoms with Crippen LogP contribution in [0.1, 0.15) is 11.1 Å². The number of hydrogen-bond donors (Lipinski definition) is 0. The molecule has 1 aromatic carbocycles. The molecule has 1 heterocycles. The summed E-state index contributed by atoms with van der Waals surface area (Å²) in [6, 6.07) is 5.84. The molecule has 2 heteroatoms. The number of benzene rings is 1. The molecule has 13 heavy (non-hydrogen) atoms. The van der Waals surface area contributed by atoms with Gasteiger partial charge in [0.05, 0.1) is 0 Å². The number of fused-ring (bicyclic) bond motifs is 1. The summed E-state index contributed by atoms with van der Waals surface area (Å²) in [4.78, 5) is 0. The average molecular weight is 189 g/mol. The van der Waals surface area contributed by atoms with Crippen molar-refractivity contribution in [3.8, 4) is 12.1 Å². The van der Waals surface area contributed by atoms with Crippen molar-refractivity contribution in [3.63, 3.8) is 0 Å². The van der Waals surface area contributed by atoms with Crippen LogP contribution in [-0.4, -0.2) is 0 Å². The van der Waals surface area contributed by atoms with Crippen molar-refractivity contribution in [1.82, 2.24) is 0 Å². The largest absolute Gasteiger partial charge is 0.144 e. The van der Waals surface area contributed by atoms with Crippen molar-refractivity contribution in [2.45, 2.75) is 0 Å². The van der Waals surface area contributed by atoms with Gasteiger partial charge in [-0.25, -0.2) is 0 Å². The maximum absolute atomic E-state index is 11.8. The lowest BCUT2D eigenvalue weighted by atomic mass is 10.1. The monoisotopic (exact) mass is 189 g/mol. The van der Waals surface area contributed by atoms with E-state index < -0.39 is 0 Å². The van der Waals surface area contributed by atoms with Crippen molar-refractivity contribution in [3.05, 3.63) is 41.6 Å². The first-order chi connectivity index (χ1) is 6.31. The van der Waals surface area contributed by atoms with E-state index in [1.54, 1.807) is 11.3 Å². The van der Waals surface area contributed by atoms with Gasteiger partial charge in [-0.15, -0.1) is 15.7 Å². The van der Waals surface area contributed by atoms with E-state index in [-0.39, 0.29) is 0 Å². The fourth-order valence-corrected chi connectivity index (χ4v) is 2.10. The number of rotatable bonds is 0. The van der Waals surface area contributed by atoms with Gasteiger partial charge in [-0.05, 0) is 30.5 Å². The Balaban J connectivity index is 2.76. The van der Waals surface area contributed by atoms with Gasteiger partial charge in [0.15, 0.2) is 0 Å². The topological polar surface area (TPSA) is 0 Å². The van der Waals surface area contributed by atoms with Crippen molar-refractivity contribution in [1.29, 1.82) is 0 Å². The molecule has 0 nitrogen and oxygen atoms in total. The molecule has 0 unspecified atom stereocenters. The van der Waals surface area contributed by atoms with Gasteiger partial charge in [-0.3, -0.25) is 0 Å². The second-order valence-corrected chi connectivity index (χ2v) is 3.61. The maximum Gasteiger partial charge on any atom is 0.111 e. The van der Waals surface area contributed by atoms with Gasteiger partial charge in [0.2, 0.25) is 0 Å². The Morgan fingerprint density at radius 1 is 1.38 bits per heavy atom. The van der Waals surface area contributed by atoms with Gasteiger partial charge < -0.3 is 0 Å². The Bertz CT molecular complexity index is 500. The van der Waals surface area contributed by atoms with Crippen molar-refractivity contribution < 1.29 is 4.39 Å². The predicted octanol–water partition coefficient (Wildman–Crippen LogP) is 3.36. The average Bonchev–Trinajstić information content (AvgIpc) is 2.49. The van der Waals surface area contributed by atoms with Crippen molar-refractivity contribution >= 4 is 21.4 Å². The highest BCUT2D eigenvalue weighted by Gasteiger charge is 2.00. The second-order valence-electron chi connectivity index (χ2n) is 2.70. The summed E-state index contributed by atoms with van der Waals surface area (Å²) in [5, 5.41) is 2.85. The van der Waals surface area contributed by atoms with E-state index in [4.69, 9.17) is 0 Å². The molecular formula is C11H6FS. The first kappa shape index (κ1) is 8.28. The molecule has 0 aliphatic heterocycles. The summed E-state index contributed by atoms with van der Waals surface area (Å²) in [5.74, 6) is 2.42. The minimum Gasteiger partial charge on any atom is -0.144 e. The number of thiophene rings is 1. The number of hydrogen-bond acceptors (Lipinski definition) is 1. The van der Waals surface area contributed by atoms with Crippen molar-refractivity contribution in [2.75, 3.05) is 0 Å². The lowest BCUT2D eigenvalue weighted by molar-refractivity contribution is 0.774. The molecule has 0 N–H and O–H groups in total. The van der Waals surface area contributed by atoms with Crippen LogP contribution in [0.25, 0.3) is 10.1 Å². The van der Waals surface area contributed by atoms with E-state index in [0.717, 1.165) is 21.2 Å². The minimum atomic E-state index is 0.744. The Hall–Kier alpha value is -1.33. The van der Waals surface area contributed by atoms with E-state index in [2.05, 4.69) is 12.8 Å². The van der Waals surface area contributed by atoms with Gasteiger partial charge >= 0.3 is 0 Å². The Morgan fingerprint density at radius 2 is 2.23 bits per heavy atom. The third-order valence-corrected chi connectivity index (χ3v) is 2.78. The summed E-state index contributed by atoms with van der Waals surface area (Å²) in [6.07, 6.45) is 1.42. The molecule has 0 aliphatic rings. The Labute approximate surface area is 80.0 Å². The van der Waals surface area contributed by atoms with E-state index in [1.165, 1.54) is 6.17 Å². The van der Waals surface area contributed by atoms with Gasteiger partial charge in [-0.2, -0.15) is 0 Å². The lowest BCUT2D eigenvalue weighted by Crippen LogP contribution is -1.72. The third-order valence-electron chi connectivity index (χ3n) is 1.82. The quantitative estimate of drug-likeness (QED) is 0.557. The SMILES string of the molecule is [CH2]c1ccc2scc(C#CF)c2c1. The van der Waals surface area contributed by atoms with Crippen LogP contribution >= 0.6 is 11.3 Å². The Morgan fingerprint density at radius 3 is 3.00 bits per heavy atom. The molecule has 0 fully saturated rings. The highest BCUT2D eigenvalue weighted by Crippen LogP contribution is 2.26. The molecule has 0 saturated heterocycles. The smallest absolute Gasteiger partial charge is 0.111 e. The van der Waals surface area contributed by atoms with Crippen LogP contribution in [0.3, 0.4) is 0 Å². The molecule has 1 aromatic heterocycles. The summed E-state index contributed by atoms with van der Waals surface area (Å²) in [7, 11) is 0. The van der Waals surface area contributed by atoms with E-state index in [0.29, 0.717) is 0 Å². The lowest BCUT2D eigenvalue weighted by Gasteiger charge is -1.92. The second kappa shape index (κ2) is 3.20. The van der Waals surface area contributed by atoms with Crippen LogP contribution in [-0.2, 0) is 0 Å². The highest BCUT2D eigenvalue weighted by atomic mass is 32.1. The van der Waals surface area contributed by atoms with Crippen LogP contribution in [0.2, 0.25) is 0 Å². The van der Waals surface area contributed by atoms with E-state index in [9.17, 15) is 4.39 Å². The molecule has 0 spiro atoms. The zero-order valence-electron chi connectivity index (χ0n) is 6.80. The summed E-state index contributed by atoms with van der Waals surface area (Å²) in [6.45, 7) is 3.81. The first-order valence-corrected chi connectivity index (χ1v) is 4.64. The standard InChI is InChI=1S/C11H6FS/c1-8-2-3-11-10(6-8)9(4-5-12)7-13-11/h2-3,6-7H,1H2. The zero-order chi connectivity index (χ0) is 9.26. The van der Waals surface area contributed by atoms with Crippen LogP contribution in [0.4, 0.5) is 4.39 Å². The normalized spacial score (nSPS) is 9.69. The molecule has 0 bridgehead atoms. The summed E-state index contributed by atoms with van der Waals surface area (Å²) < 4.78 is 12.9. The van der Waals surface area contributed by atoms with Gasteiger partial charge in [0, 0.05) is 21.0 Å². The summed E-state index contributed by atoms with van der Waals surface area (Å²) in [5.41, 5.74) is 1.67. The fraction of sp³-hybridized carbons (Fsp3) is 0. The maximum atomic E-state index is 11.8. The molecule has 63 valence electrons. The molecule has 0 amide bonds. The van der Waals surface area contributed by atoms with Crippen molar-refractivity contribution in [2.24, 2.45) is 0 Å². The summed E-state index contributed by atoms with van der Waals surface area (Å²) >= 11 is 1.57. The highest BCUT2D eigenvalue weighted by molar-refractivity contribution is 7.17. The van der Waals surface area contributed by atoms with Gasteiger partial charge in [0.1, 0.15) is 6.17 Å². The van der Waals surface area contributed by atoms with Gasteiger partial charge in [-0.1, -0.05) is 6.07 Å². The Kier molecular flexibility index (Phi) is 2.03. The van der Waals surface area contributed by atoms with E-state index in [1.807, 2.05) is 23.6 Å². The van der Waals surface area contributed by atoms with Crippen LogP contribution < -0.4 is 0 Å². The molecule has 1 radical (unpaired) electrons. The minimum absolute atomic E-state index is 0.744. The molecule has 0 aliphatic carbocycles. The predicted molar refractivity (Wildman–Crippen MR) is 54.3 cm³/mol. The molecule has 0 atom stereocenters. The molecule has 2 rings (SSSR count). The molecule has 0 saturated carbocycles. The fourth-order valence-electron chi connectivity index (χ4n) is 1.22. The third kappa shape index (κ3) is 1.43. The van der Waals surface area contributed by atoms with Gasteiger partial charge in [0.25, 0.3) is 0 Å².